The Hall–Kier alpha value is -1.23. The number of thioether (sulfide) groups is 1. The van der Waals surface area contributed by atoms with Crippen LogP contribution in [0.4, 0.5) is 4.79 Å². The third kappa shape index (κ3) is 10.8. The van der Waals surface area contributed by atoms with Gasteiger partial charge in [-0.1, -0.05) is 6.07 Å². The number of carbonyl (C=O) groups is 1. The highest BCUT2D eigenvalue weighted by Gasteiger charge is 2.25. The largest absolute Gasteiger partial charge is 0.444 e. The summed E-state index contributed by atoms with van der Waals surface area (Å²) in [5.41, 5.74) is 0.461. The molecule has 0 bridgehead atoms. The molecule has 1 heterocycles. The summed E-state index contributed by atoms with van der Waals surface area (Å²) >= 11 is 1.95. The van der Waals surface area contributed by atoms with Gasteiger partial charge in [0.15, 0.2) is 5.96 Å². The van der Waals surface area contributed by atoms with Gasteiger partial charge in [0, 0.05) is 43.8 Å². The van der Waals surface area contributed by atoms with Crippen molar-refractivity contribution in [1.82, 2.24) is 20.5 Å². The number of rotatable bonds is 8. The highest BCUT2D eigenvalue weighted by Crippen LogP contribution is 2.28. The maximum Gasteiger partial charge on any atom is 0.410 e. The molecule has 1 aromatic heterocycles. The number of carbonyl (C=O) groups excluding carboxylic acids is 1. The van der Waals surface area contributed by atoms with Gasteiger partial charge < -0.3 is 20.3 Å². The Morgan fingerprint density at radius 1 is 1.39 bits per heavy atom. The third-order valence-corrected chi connectivity index (χ3v) is 6.02. The first kappa shape index (κ1) is 27.8. The average Bonchev–Trinajstić information content (AvgIpc) is 3.16. The van der Waals surface area contributed by atoms with E-state index >= 15 is 0 Å². The summed E-state index contributed by atoms with van der Waals surface area (Å²) in [4.78, 5) is 22.9. The second-order valence-electron chi connectivity index (χ2n) is 8.63. The minimum atomic E-state index is -0.523. The lowest BCUT2D eigenvalue weighted by atomic mass is 10.2. The summed E-state index contributed by atoms with van der Waals surface area (Å²) in [6.07, 6.45) is 9.81. The van der Waals surface area contributed by atoms with E-state index in [9.17, 15) is 4.79 Å². The van der Waals surface area contributed by atoms with E-state index in [0.717, 1.165) is 29.7 Å². The molecule has 1 saturated carbocycles. The number of guanidine groups is 1. The maximum absolute atomic E-state index is 12.7. The Morgan fingerprint density at radius 3 is 2.74 bits per heavy atom. The Kier molecular flexibility index (Phi) is 12.6. The molecule has 2 rings (SSSR count). The number of nitrogens with zero attached hydrogens (tertiary/aromatic N) is 3. The van der Waals surface area contributed by atoms with E-state index in [0.29, 0.717) is 19.1 Å². The van der Waals surface area contributed by atoms with Crippen molar-refractivity contribution in [2.75, 3.05) is 26.4 Å². The molecule has 0 spiro atoms. The lowest BCUT2D eigenvalue weighted by Crippen LogP contribution is -2.43. The van der Waals surface area contributed by atoms with E-state index in [1.807, 2.05) is 44.7 Å². The standard InChI is InChI=1S/C22H37N5O2S.HI/c1-22(2,3)29-21(28)27(16-17-8-6-11-24-15-17)13-7-12-25-20(23-4)26-18-9-10-19(14-18)30-5;/h6,8,11,15,18-19H,7,9-10,12-14,16H2,1-5H3,(H2,23,25,26);1H. The number of pyridine rings is 1. The van der Waals surface area contributed by atoms with E-state index in [4.69, 9.17) is 4.74 Å². The van der Waals surface area contributed by atoms with Gasteiger partial charge >= 0.3 is 6.09 Å². The van der Waals surface area contributed by atoms with Crippen molar-refractivity contribution in [3.63, 3.8) is 0 Å². The van der Waals surface area contributed by atoms with Gasteiger partial charge in [0.1, 0.15) is 5.60 Å². The van der Waals surface area contributed by atoms with Gasteiger partial charge in [0.2, 0.25) is 0 Å². The van der Waals surface area contributed by atoms with Crippen LogP contribution in [0.2, 0.25) is 0 Å². The van der Waals surface area contributed by atoms with Crippen LogP contribution in [0.3, 0.4) is 0 Å². The molecule has 31 heavy (non-hydrogen) atoms. The minimum Gasteiger partial charge on any atom is -0.444 e. The van der Waals surface area contributed by atoms with Crippen molar-refractivity contribution in [3.8, 4) is 0 Å². The van der Waals surface area contributed by atoms with Crippen molar-refractivity contribution >= 4 is 47.8 Å². The number of hydrogen-bond donors (Lipinski definition) is 2. The number of halogens is 1. The number of aromatic nitrogens is 1. The van der Waals surface area contributed by atoms with Gasteiger partial charge in [-0.3, -0.25) is 9.98 Å². The molecule has 2 atom stereocenters. The van der Waals surface area contributed by atoms with Crippen LogP contribution in [0.1, 0.15) is 52.0 Å². The van der Waals surface area contributed by atoms with Crippen molar-refractivity contribution in [2.24, 2.45) is 4.99 Å². The SMILES string of the molecule is CN=C(NCCCN(Cc1cccnc1)C(=O)OC(C)(C)C)NC1CCC(SC)C1.I. The lowest BCUT2D eigenvalue weighted by molar-refractivity contribution is 0.0232. The molecule has 1 amide bonds. The second kappa shape index (κ2) is 14.0. The van der Waals surface area contributed by atoms with Crippen molar-refractivity contribution in [2.45, 2.75) is 69.9 Å². The molecule has 2 N–H and O–H groups in total. The normalized spacial score (nSPS) is 18.8. The summed E-state index contributed by atoms with van der Waals surface area (Å²) in [6.45, 7) is 7.45. The molecule has 2 unspecified atom stereocenters. The zero-order chi connectivity index (χ0) is 22.0. The Labute approximate surface area is 208 Å². The summed E-state index contributed by atoms with van der Waals surface area (Å²) in [7, 11) is 1.80. The van der Waals surface area contributed by atoms with E-state index in [-0.39, 0.29) is 30.1 Å². The highest BCUT2D eigenvalue weighted by molar-refractivity contribution is 14.0. The summed E-state index contributed by atoms with van der Waals surface area (Å²) in [5.74, 6) is 0.831. The fraction of sp³-hybridized carbons (Fsp3) is 0.682. The lowest BCUT2D eigenvalue weighted by Gasteiger charge is -2.27. The van der Waals surface area contributed by atoms with Crippen LogP contribution in [-0.4, -0.2) is 65.2 Å². The van der Waals surface area contributed by atoms with Crippen LogP contribution in [0, 0.1) is 0 Å². The number of aliphatic imine (C=N–C) groups is 1. The van der Waals surface area contributed by atoms with Crippen LogP contribution >= 0.6 is 35.7 Å². The zero-order valence-corrected chi connectivity index (χ0v) is 22.5. The molecule has 1 aromatic rings. The van der Waals surface area contributed by atoms with Gasteiger partial charge in [-0.05, 0) is 64.3 Å². The molecule has 1 fully saturated rings. The molecular weight excluding hydrogens is 525 g/mol. The van der Waals surface area contributed by atoms with Crippen molar-refractivity contribution in [3.05, 3.63) is 30.1 Å². The Morgan fingerprint density at radius 2 is 2.16 bits per heavy atom. The number of ether oxygens (including phenoxy) is 1. The monoisotopic (exact) mass is 563 g/mol. The predicted molar refractivity (Wildman–Crippen MR) is 140 cm³/mol. The molecular formula is C22H38IN5O2S. The first-order valence-electron chi connectivity index (χ1n) is 10.7. The van der Waals surface area contributed by atoms with E-state index in [1.54, 1.807) is 24.3 Å². The Bertz CT molecular complexity index is 684. The fourth-order valence-corrected chi connectivity index (χ4v) is 4.22. The van der Waals surface area contributed by atoms with Gasteiger partial charge in [-0.15, -0.1) is 24.0 Å². The first-order chi connectivity index (χ1) is 14.3. The molecule has 7 nitrogen and oxygen atoms in total. The number of amides is 1. The molecule has 1 aliphatic rings. The van der Waals surface area contributed by atoms with Gasteiger partial charge in [0.25, 0.3) is 0 Å². The fourth-order valence-electron chi connectivity index (χ4n) is 3.42. The molecule has 0 aromatic carbocycles. The summed E-state index contributed by atoms with van der Waals surface area (Å²) in [5, 5.41) is 7.65. The van der Waals surface area contributed by atoms with Gasteiger partial charge in [0.05, 0.1) is 6.54 Å². The van der Waals surface area contributed by atoms with E-state index in [2.05, 4.69) is 26.9 Å². The highest BCUT2D eigenvalue weighted by atomic mass is 127. The van der Waals surface area contributed by atoms with E-state index < -0.39 is 5.60 Å². The van der Waals surface area contributed by atoms with Crippen molar-refractivity contribution < 1.29 is 9.53 Å². The molecule has 0 saturated heterocycles. The molecule has 0 radical (unpaired) electrons. The average molecular weight is 564 g/mol. The van der Waals surface area contributed by atoms with Crippen LogP contribution in [-0.2, 0) is 11.3 Å². The molecule has 0 aliphatic heterocycles. The smallest absolute Gasteiger partial charge is 0.410 e. The van der Waals surface area contributed by atoms with Crippen molar-refractivity contribution in [1.29, 1.82) is 0 Å². The predicted octanol–water partition coefficient (Wildman–Crippen LogP) is 4.28. The maximum atomic E-state index is 12.7. The first-order valence-corrected chi connectivity index (χ1v) is 12.0. The molecule has 9 heteroatoms. The van der Waals surface area contributed by atoms with E-state index in [1.165, 1.54) is 19.3 Å². The zero-order valence-electron chi connectivity index (χ0n) is 19.4. The third-order valence-electron chi connectivity index (χ3n) is 4.93. The number of nitrogens with one attached hydrogen (secondary N) is 2. The van der Waals surface area contributed by atoms with Crippen LogP contribution in [0.5, 0.6) is 0 Å². The van der Waals surface area contributed by atoms with Gasteiger partial charge in [-0.2, -0.15) is 11.8 Å². The molecule has 1 aliphatic carbocycles. The van der Waals surface area contributed by atoms with Gasteiger partial charge in [-0.25, -0.2) is 4.79 Å². The Balaban J connectivity index is 0.00000480. The second-order valence-corrected chi connectivity index (χ2v) is 9.77. The minimum absolute atomic E-state index is 0. The topological polar surface area (TPSA) is 78.9 Å². The summed E-state index contributed by atoms with van der Waals surface area (Å²) < 4.78 is 5.59. The van der Waals surface area contributed by atoms with Crippen LogP contribution in [0.15, 0.2) is 29.5 Å². The number of hydrogen-bond acceptors (Lipinski definition) is 5. The quantitative estimate of drug-likeness (QED) is 0.213. The molecule has 176 valence electrons. The van der Waals surface area contributed by atoms with Crippen LogP contribution < -0.4 is 10.6 Å². The summed E-state index contributed by atoms with van der Waals surface area (Å²) in [6, 6.07) is 4.33. The van der Waals surface area contributed by atoms with Crippen LogP contribution in [0.25, 0.3) is 0 Å².